The van der Waals surface area contributed by atoms with Crippen molar-refractivity contribution in [2.75, 3.05) is 11.8 Å². The second-order valence-corrected chi connectivity index (χ2v) is 7.45. The van der Waals surface area contributed by atoms with Crippen LogP contribution < -0.4 is 9.46 Å². The Kier molecular flexibility index (Phi) is 5.60. The Morgan fingerprint density at radius 2 is 1.71 bits per heavy atom. The monoisotopic (exact) mass is 400 g/mol. The van der Waals surface area contributed by atoms with Gasteiger partial charge in [-0.2, -0.15) is 0 Å². The van der Waals surface area contributed by atoms with Gasteiger partial charge in [-0.15, -0.1) is 0 Å². The highest BCUT2D eigenvalue weighted by molar-refractivity contribution is 7.92. The van der Waals surface area contributed by atoms with Crippen LogP contribution in [0.4, 0.5) is 15.8 Å². The zero-order chi connectivity index (χ0) is 20.1. The lowest BCUT2D eigenvalue weighted by molar-refractivity contribution is 0.373. The highest BCUT2D eigenvalue weighted by Crippen LogP contribution is 2.28. The minimum atomic E-state index is -3.81. The van der Waals surface area contributed by atoms with Gasteiger partial charge in [0.2, 0.25) is 0 Å². The molecule has 0 heterocycles. The number of para-hydroxylation sites is 1. The summed E-state index contributed by atoms with van der Waals surface area (Å²) in [7, 11) is -2.35. The van der Waals surface area contributed by atoms with Crippen LogP contribution in [0, 0.1) is 5.82 Å². The SMILES string of the molecule is COc1cccc(C=Nc2ccc(NS(=O)(=O)c3ccc(F)cc3)cc2)c1O. The molecule has 6 nitrogen and oxygen atoms in total. The van der Waals surface area contributed by atoms with Gasteiger partial charge in [0.05, 0.1) is 17.7 Å². The molecule has 3 aromatic carbocycles. The Morgan fingerprint density at radius 3 is 2.36 bits per heavy atom. The van der Waals surface area contributed by atoms with Gasteiger partial charge < -0.3 is 9.84 Å². The normalized spacial score (nSPS) is 11.5. The number of hydrogen-bond acceptors (Lipinski definition) is 5. The van der Waals surface area contributed by atoms with E-state index in [0.29, 0.717) is 22.7 Å². The summed E-state index contributed by atoms with van der Waals surface area (Å²) in [4.78, 5) is 4.22. The molecule has 3 aromatic rings. The smallest absolute Gasteiger partial charge is 0.261 e. The Labute approximate surface area is 162 Å². The number of benzene rings is 3. The third kappa shape index (κ3) is 4.47. The first-order valence-corrected chi connectivity index (χ1v) is 9.66. The van der Waals surface area contributed by atoms with E-state index in [0.717, 1.165) is 12.1 Å². The van der Waals surface area contributed by atoms with Crippen molar-refractivity contribution >= 4 is 27.6 Å². The number of methoxy groups -OCH3 is 1. The molecule has 0 aromatic heterocycles. The van der Waals surface area contributed by atoms with Crippen molar-refractivity contribution in [1.82, 2.24) is 0 Å². The highest BCUT2D eigenvalue weighted by atomic mass is 32.2. The number of phenolic OH excluding ortho intramolecular Hbond substituents is 1. The maximum absolute atomic E-state index is 13.0. The van der Waals surface area contributed by atoms with Crippen LogP contribution in [0.2, 0.25) is 0 Å². The molecule has 0 saturated heterocycles. The van der Waals surface area contributed by atoms with E-state index >= 15 is 0 Å². The number of halogens is 1. The van der Waals surface area contributed by atoms with E-state index in [1.54, 1.807) is 42.5 Å². The first-order chi connectivity index (χ1) is 13.4. The standard InChI is InChI=1S/C20H17FN2O4S/c1-27-19-4-2-3-14(20(19)24)13-22-16-7-9-17(10-8-16)23-28(25,26)18-11-5-15(21)6-12-18/h2-13,23-24H,1H3. The molecule has 28 heavy (non-hydrogen) atoms. The Bertz CT molecular complexity index is 1100. The molecule has 0 aliphatic heterocycles. The number of phenols is 1. The van der Waals surface area contributed by atoms with E-state index in [-0.39, 0.29) is 10.6 Å². The number of sulfonamides is 1. The number of nitrogens with one attached hydrogen (secondary N) is 1. The van der Waals surface area contributed by atoms with Crippen LogP contribution in [0.1, 0.15) is 5.56 Å². The van der Waals surface area contributed by atoms with E-state index in [4.69, 9.17) is 4.74 Å². The molecule has 0 aliphatic carbocycles. The van der Waals surface area contributed by atoms with E-state index in [2.05, 4.69) is 9.71 Å². The van der Waals surface area contributed by atoms with Crippen LogP contribution in [0.3, 0.4) is 0 Å². The summed E-state index contributed by atoms with van der Waals surface area (Å²) < 4.78 is 45.0. The van der Waals surface area contributed by atoms with Crippen molar-refractivity contribution in [3.05, 3.63) is 78.1 Å². The minimum Gasteiger partial charge on any atom is -0.504 e. The van der Waals surface area contributed by atoms with Gasteiger partial charge in [-0.3, -0.25) is 9.71 Å². The van der Waals surface area contributed by atoms with Crippen molar-refractivity contribution in [1.29, 1.82) is 0 Å². The van der Waals surface area contributed by atoms with Gasteiger partial charge >= 0.3 is 0 Å². The largest absolute Gasteiger partial charge is 0.504 e. The molecule has 0 bridgehead atoms. The van der Waals surface area contributed by atoms with E-state index in [1.165, 1.54) is 25.5 Å². The van der Waals surface area contributed by atoms with E-state index < -0.39 is 15.8 Å². The molecule has 0 spiro atoms. The van der Waals surface area contributed by atoms with Gasteiger partial charge in [-0.1, -0.05) is 6.07 Å². The van der Waals surface area contributed by atoms with Gasteiger partial charge in [-0.25, -0.2) is 12.8 Å². The zero-order valence-electron chi connectivity index (χ0n) is 14.8. The molecule has 0 atom stereocenters. The summed E-state index contributed by atoms with van der Waals surface area (Å²) in [5.41, 5.74) is 1.39. The van der Waals surface area contributed by atoms with Crippen LogP contribution in [-0.2, 0) is 10.0 Å². The number of rotatable bonds is 6. The topological polar surface area (TPSA) is 88.0 Å². The average Bonchev–Trinajstić information content (AvgIpc) is 2.68. The van der Waals surface area contributed by atoms with E-state index in [9.17, 15) is 17.9 Å². The van der Waals surface area contributed by atoms with Crippen LogP contribution >= 0.6 is 0 Å². The lowest BCUT2D eigenvalue weighted by Gasteiger charge is -2.08. The second-order valence-electron chi connectivity index (χ2n) is 5.76. The molecule has 2 N–H and O–H groups in total. The number of aliphatic imine (C=N–C) groups is 1. The second kappa shape index (κ2) is 8.10. The lowest BCUT2D eigenvalue weighted by atomic mass is 10.2. The quantitative estimate of drug-likeness (QED) is 0.610. The number of ether oxygens (including phenoxy) is 1. The molecular formula is C20H17FN2O4S. The molecule has 8 heteroatoms. The maximum atomic E-state index is 13.0. The first kappa shape index (κ1) is 19.4. The van der Waals surface area contributed by atoms with Crippen molar-refractivity contribution in [2.24, 2.45) is 4.99 Å². The van der Waals surface area contributed by atoms with Crippen LogP contribution in [0.15, 0.2) is 76.6 Å². The van der Waals surface area contributed by atoms with Crippen LogP contribution in [0.5, 0.6) is 11.5 Å². The van der Waals surface area contributed by atoms with Crippen molar-refractivity contribution < 1.29 is 22.7 Å². The summed E-state index contributed by atoms with van der Waals surface area (Å²) in [6, 6.07) is 16.0. The predicted molar refractivity (Wildman–Crippen MR) is 106 cm³/mol. The minimum absolute atomic E-state index is 0.0163. The third-order valence-corrected chi connectivity index (χ3v) is 5.24. The molecule has 0 fully saturated rings. The molecule has 0 amide bonds. The fourth-order valence-corrected chi connectivity index (χ4v) is 3.45. The summed E-state index contributed by atoms with van der Waals surface area (Å²) in [6.07, 6.45) is 1.48. The Balaban J connectivity index is 1.74. The van der Waals surface area contributed by atoms with Crippen LogP contribution in [0.25, 0.3) is 0 Å². The summed E-state index contributed by atoms with van der Waals surface area (Å²) >= 11 is 0. The number of hydrogen-bond donors (Lipinski definition) is 2. The molecular weight excluding hydrogens is 383 g/mol. The van der Waals surface area contributed by atoms with Gasteiger partial charge in [0.15, 0.2) is 11.5 Å². The van der Waals surface area contributed by atoms with Crippen molar-refractivity contribution in [2.45, 2.75) is 4.90 Å². The van der Waals surface area contributed by atoms with Crippen molar-refractivity contribution in [3.8, 4) is 11.5 Å². The molecule has 0 aliphatic rings. The Hall–Kier alpha value is -3.39. The summed E-state index contributed by atoms with van der Waals surface area (Å²) in [5.74, 6) is -0.185. The number of nitrogens with zero attached hydrogens (tertiary/aromatic N) is 1. The Morgan fingerprint density at radius 1 is 1.04 bits per heavy atom. The number of anilines is 1. The molecule has 0 radical (unpaired) electrons. The summed E-state index contributed by atoms with van der Waals surface area (Å²) in [5, 5.41) is 10.0. The number of aromatic hydroxyl groups is 1. The zero-order valence-corrected chi connectivity index (χ0v) is 15.7. The van der Waals surface area contributed by atoms with Gasteiger partial charge in [0, 0.05) is 17.5 Å². The van der Waals surface area contributed by atoms with Crippen molar-refractivity contribution in [3.63, 3.8) is 0 Å². The van der Waals surface area contributed by atoms with Gasteiger partial charge in [-0.05, 0) is 60.7 Å². The maximum Gasteiger partial charge on any atom is 0.261 e. The first-order valence-electron chi connectivity index (χ1n) is 8.17. The molecule has 3 rings (SSSR count). The fraction of sp³-hybridized carbons (Fsp3) is 0.0500. The molecule has 0 unspecified atom stereocenters. The lowest BCUT2D eigenvalue weighted by Crippen LogP contribution is -2.12. The van der Waals surface area contributed by atoms with Gasteiger partial charge in [0.1, 0.15) is 5.82 Å². The fourth-order valence-electron chi connectivity index (χ4n) is 2.40. The van der Waals surface area contributed by atoms with Crippen LogP contribution in [-0.4, -0.2) is 26.8 Å². The average molecular weight is 400 g/mol. The third-order valence-electron chi connectivity index (χ3n) is 3.85. The predicted octanol–water partition coefficient (Wildman–Crippen LogP) is 4.09. The van der Waals surface area contributed by atoms with E-state index in [1.807, 2.05) is 0 Å². The highest BCUT2D eigenvalue weighted by Gasteiger charge is 2.14. The summed E-state index contributed by atoms with van der Waals surface area (Å²) in [6.45, 7) is 0. The molecule has 144 valence electrons. The van der Waals surface area contributed by atoms with Gasteiger partial charge in [0.25, 0.3) is 10.0 Å². The molecule has 0 saturated carbocycles.